The predicted octanol–water partition coefficient (Wildman–Crippen LogP) is 3.60. The van der Waals surface area contributed by atoms with Gasteiger partial charge in [0.15, 0.2) is 5.69 Å². The van der Waals surface area contributed by atoms with Crippen LogP contribution in [-0.2, 0) is 19.4 Å². The average Bonchev–Trinajstić information content (AvgIpc) is 3.16. The first-order valence-corrected chi connectivity index (χ1v) is 11.6. The van der Waals surface area contributed by atoms with E-state index >= 15 is 0 Å². The van der Waals surface area contributed by atoms with Gasteiger partial charge in [-0.15, -0.1) is 11.3 Å². The van der Waals surface area contributed by atoms with Gasteiger partial charge in [0.25, 0.3) is 17.4 Å². The average molecular weight is 439 g/mol. The fraction of sp³-hybridized carbons (Fsp3) is 0.391. The number of carbonyl (C=O) groups excluding carboxylic acids is 2. The number of carbonyl (C=O) groups is 2. The topological polar surface area (TPSA) is 93.1 Å². The van der Waals surface area contributed by atoms with E-state index in [9.17, 15) is 14.4 Å². The van der Waals surface area contributed by atoms with E-state index in [0.29, 0.717) is 28.6 Å². The highest BCUT2D eigenvalue weighted by Gasteiger charge is 2.19. The maximum Gasteiger partial charge on any atom is 0.290 e. The number of fused-ring (bicyclic) bond motifs is 2. The second-order valence-electron chi connectivity index (χ2n) is 7.80. The molecule has 0 bridgehead atoms. The summed E-state index contributed by atoms with van der Waals surface area (Å²) in [4.78, 5) is 40.0. The highest BCUT2D eigenvalue weighted by molar-refractivity contribution is 7.14. The summed E-state index contributed by atoms with van der Waals surface area (Å²) in [5.41, 5.74) is 6.12. The number of hydrogen-bond acceptors (Lipinski definition) is 5. The molecule has 2 aromatic heterocycles. The van der Waals surface area contributed by atoms with Crippen molar-refractivity contribution in [3.63, 3.8) is 0 Å². The number of aromatic nitrogens is 2. The monoisotopic (exact) mass is 438 g/mol. The van der Waals surface area contributed by atoms with Crippen LogP contribution in [0.5, 0.6) is 0 Å². The summed E-state index contributed by atoms with van der Waals surface area (Å²) in [6.07, 6.45) is 7.48. The van der Waals surface area contributed by atoms with Crippen molar-refractivity contribution in [1.29, 1.82) is 0 Å². The Labute approximate surface area is 184 Å². The van der Waals surface area contributed by atoms with E-state index in [1.54, 1.807) is 24.3 Å². The van der Waals surface area contributed by atoms with Crippen molar-refractivity contribution in [2.45, 2.75) is 58.4 Å². The van der Waals surface area contributed by atoms with Gasteiger partial charge in [-0.05, 0) is 49.8 Å². The molecule has 0 atom stereocenters. The minimum atomic E-state index is -0.552. The van der Waals surface area contributed by atoms with E-state index in [-0.39, 0.29) is 17.2 Å². The molecule has 1 aliphatic carbocycles. The Kier molecular flexibility index (Phi) is 6.46. The highest BCUT2D eigenvalue weighted by atomic mass is 32.1. The maximum atomic E-state index is 12.8. The van der Waals surface area contributed by atoms with Crippen LogP contribution in [0.15, 0.2) is 35.1 Å². The van der Waals surface area contributed by atoms with Crippen LogP contribution in [0.2, 0.25) is 0 Å². The Balaban J connectivity index is 1.53. The maximum absolute atomic E-state index is 12.8. The molecule has 3 aromatic rings. The molecule has 0 aliphatic heterocycles. The quantitative estimate of drug-likeness (QED) is 0.609. The fourth-order valence-electron chi connectivity index (χ4n) is 3.96. The van der Waals surface area contributed by atoms with Crippen LogP contribution in [0.25, 0.3) is 10.8 Å². The van der Waals surface area contributed by atoms with E-state index in [4.69, 9.17) is 0 Å². The standard InChI is InChI=1S/C23H26N4O3S/c1-2-13-27-23(30)17-11-8-7-10-16(17)20(26-27)22(29)25-24-21(28)19-14-15-9-5-3-4-6-12-18(15)31-19/h7-8,10-11,14H,2-6,9,12-13H2,1H3,(H,24,28)(H,25,29). The van der Waals surface area contributed by atoms with Gasteiger partial charge < -0.3 is 0 Å². The molecule has 2 amide bonds. The van der Waals surface area contributed by atoms with Gasteiger partial charge in [0.2, 0.25) is 0 Å². The first kappa shape index (κ1) is 21.2. The van der Waals surface area contributed by atoms with Gasteiger partial charge in [0, 0.05) is 16.8 Å². The lowest BCUT2D eigenvalue weighted by atomic mass is 10.00. The van der Waals surface area contributed by atoms with Crippen LogP contribution >= 0.6 is 11.3 Å². The first-order chi connectivity index (χ1) is 15.1. The molecule has 0 spiro atoms. The molecular weight excluding hydrogens is 412 g/mol. The largest absolute Gasteiger partial charge is 0.290 e. The van der Waals surface area contributed by atoms with Crippen LogP contribution in [0, 0.1) is 0 Å². The SMILES string of the molecule is CCCn1nc(C(=O)NNC(=O)c2cc3c(s2)CCCCCC3)c2ccccc2c1=O. The lowest BCUT2D eigenvalue weighted by molar-refractivity contribution is 0.0845. The van der Waals surface area contributed by atoms with Gasteiger partial charge in [-0.3, -0.25) is 25.2 Å². The summed E-state index contributed by atoms with van der Waals surface area (Å²) >= 11 is 1.50. The molecule has 2 N–H and O–H groups in total. The molecule has 1 aromatic carbocycles. The van der Waals surface area contributed by atoms with Crippen molar-refractivity contribution in [3.05, 3.63) is 61.7 Å². The van der Waals surface area contributed by atoms with Gasteiger partial charge in [0.1, 0.15) is 0 Å². The van der Waals surface area contributed by atoms with Crippen molar-refractivity contribution in [2.24, 2.45) is 0 Å². The van der Waals surface area contributed by atoms with Crippen molar-refractivity contribution in [2.75, 3.05) is 0 Å². The molecule has 31 heavy (non-hydrogen) atoms. The van der Waals surface area contributed by atoms with Gasteiger partial charge in [0.05, 0.1) is 10.3 Å². The van der Waals surface area contributed by atoms with Crippen LogP contribution in [0.3, 0.4) is 0 Å². The zero-order chi connectivity index (χ0) is 21.8. The summed E-state index contributed by atoms with van der Waals surface area (Å²) in [6, 6.07) is 8.83. The van der Waals surface area contributed by atoms with Crippen LogP contribution in [0.4, 0.5) is 0 Å². The third-order valence-corrected chi connectivity index (χ3v) is 6.76. The Morgan fingerprint density at radius 3 is 2.52 bits per heavy atom. The zero-order valence-electron chi connectivity index (χ0n) is 17.6. The van der Waals surface area contributed by atoms with E-state index in [1.165, 1.54) is 39.3 Å². The predicted molar refractivity (Wildman–Crippen MR) is 121 cm³/mol. The number of rotatable bonds is 4. The summed E-state index contributed by atoms with van der Waals surface area (Å²) in [5, 5.41) is 5.15. The van der Waals surface area contributed by atoms with Crippen molar-refractivity contribution in [1.82, 2.24) is 20.6 Å². The Hall–Kier alpha value is -3.00. The normalized spacial score (nSPS) is 13.8. The van der Waals surface area contributed by atoms with Crippen molar-refractivity contribution < 1.29 is 9.59 Å². The molecule has 0 unspecified atom stereocenters. The number of nitrogens with one attached hydrogen (secondary N) is 2. The molecule has 8 heteroatoms. The number of aryl methyl sites for hydroxylation is 3. The number of hydrogen-bond donors (Lipinski definition) is 2. The van der Waals surface area contributed by atoms with E-state index < -0.39 is 5.91 Å². The molecule has 4 rings (SSSR count). The first-order valence-electron chi connectivity index (χ1n) is 10.8. The zero-order valence-corrected chi connectivity index (χ0v) is 18.4. The van der Waals surface area contributed by atoms with E-state index in [0.717, 1.165) is 25.7 Å². The minimum absolute atomic E-state index is 0.113. The van der Waals surface area contributed by atoms with Gasteiger partial charge in [-0.2, -0.15) is 5.10 Å². The second kappa shape index (κ2) is 9.43. The van der Waals surface area contributed by atoms with E-state index in [1.807, 2.05) is 13.0 Å². The third kappa shape index (κ3) is 4.54. The lowest BCUT2D eigenvalue weighted by Gasteiger charge is -2.11. The number of amides is 2. The van der Waals surface area contributed by atoms with Gasteiger partial charge in [-0.1, -0.05) is 38.0 Å². The lowest BCUT2D eigenvalue weighted by Crippen LogP contribution is -2.42. The third-order valence-electron chi connectivity index (χ3n) is 5.53. The van der Waals surface area contributed by atoms with Crippen molar-refractivity contribution in [3.8, 4) is 0 Å². The Bertz CT molecular complexity index is 1160. The second-order valence-corrected chi connectivity index (χ2v) is 8.94. The molecule has 162 valence electrons. The molecule has 2 heterocycles. The molecule has 0 fully saturated rings. The molecule has 0 saturated heterocycles. The molecular formula is C23H26N4O3S. The van der Waals surface area contributed by atoms with Crippen molar-refractivity contribution >= 4 is 33.9 Å². The van der Waals surface area contributed by atoms with Crippen LogP contribution in [-0.4, -0.2) is 21.6 Å². The summed E-state index contributed by atoms with van der Waals surface area (Å²) in [7, 11) is 0. The highest BCUT2D eigenvalue weighted by Crippen LogP contribution is 2.28. The summed E-state index contributed by atoms with van der Waals surface area (Å²) in [6.45, 7) is 2.35. The van der Waals surface area contributed by atoms with Crippen LogP contribution in [0.1, 0.15) is 69.6 Å². The number of benzene rings is 1. The Morgan fingerprint density at radius 1 is 1.03 bits per heavy atom. The smallest absolute Gasteiger partial charge is 0.267 e. The number of nitrogens with zero attached hydrogens (tertiary/aromatic N) is 2. The molecule has 7 nitrogen and oxygen atoms in total. The number of thiophene rings is 1. The molecule has 0 saturated carbocycles. The molecule has 0 radical (unpaired) electrons. The van der Waals surface area contributed by atoms with Crippen LogP contribution < -0.4 is 16.4 Å². The summed E-state index contributed by atoms with van der Waals surface area (Å²) in [5.74, 6) is -0.888. The van der Waals surface area contributed by atoms with E-state index in [2.05, 4.69) is 16.0 Å². The Morgan fingerprint density at radius 2 is 1.74 bits per heavy atom. The van der Waals surface area contributed by atoms with Gasteiger partial charge >= 0.3 is 0 Å². The molecule has 1 aliphatic rings. The fourth-order valence-corrected chi connectivity index (χ4v) is 5.11. The van der Waals surface area contributed by atoms with Gasteiger partial charge in [-0.25, -0.2) is 4.68 Å². The summed E-state index contributed by atoms with van der Waals surface area (Å²) < 4.78 is 1.30. The number of hydrazine groups is 1. The minimum Gasteiger partial charge on any atom is -0.267 e.